The van der Waals surface area contributed by atoms with E-state index in [1.165, 1.54) is 35.9 Å². The third-order valence-corrected chi connectivity index (χ3v) is 6.62. The number of ether oxygens (including phenoxy) is 1. The number of methoxy groups -OCH3 is 1. The first-order chi connectivity index (χ1) is 13.7. The predicted octanol–water partition coefficient (Wildman–Crippen LogP) is 4.91. The second kappa shape index (κ2) is 8.66. The van der Waals surface area contributed by atoms with Crippen molar-refractivity contribution in [1.29, 1.82) is 0 Å². The monoisotopic (exact) mass is 401 g/mol. The Hall–Kier alpha value is -1.85. The molecule has 0 spiro atoms. The molecule has 0 aliphatic heterocycles. The smallest absolute Gasteiger partial charge is 0.292 e. The number of rotatable bonds is 5. The van der Waals surface area contributed by atoms with Gasteiger partial charge in [-0.25, -0.2) is 0 Å². The van der Waals surface area contributed by atoms with Gasteiger partial charge in [-0.05, 0) is 62.1 Å². The van der Waals surface area contributed by atoms with Gasteiger partial charge in [-0.3, -0.25) is 4.79 Å². The average molecular weight is 402 g/mol. The van der Waals surface area contributed by atoms with E-state index >= 15 is 0 Å². The fraction of sp³-hybridized carbons (Fsp3) is 0.545. The van der Waals surface area contributed by atoms with Crippen LogP contribution in [0.5, 0.6) is 0 Å². The lowest BCUT2D eigenvalue weighted by Crippen LogP contribution is -2.30. The molecule has 2 aliphatic carbocycles. The molecule has 0 saturated heterocycles. The van der Waals surface area contributed by atoms with E-state index < -0.39 is 0 Å². The number of halogens is 1. The van der Waals surface area contributed by atoms with E-state index in [0.717, 1.165) is 31.4 Å². The lowest BCUT2D eigenvalue weighted by Gasteiger charge is -2.29. The summed E-state index contributed by atoms with van der Waals surface area (Å²) in [5.74, 6) is 0.655. The Morgan fingerprint density at radius 1 is 1.07 bits per heavy atom. The summed E-state index contributed by atoms with van der Waals surface area (Å²) in [5, 5.41) is 7.96. The van der Waals surface area contributed by atoms with E-state index in [4.69, 9.17) is 16.3 Å². The summed E-state index contributed by atoms with van der Waals surface area (Å²) in [6.45, 7) is 0. The number of benzene rings is 1. The fourth-order valence-corrected chi connectivity index (χ4v) is 4.71. The highest BCUT2D eigenvalue weighted by Crippen LogP contribution is 2.34. The van der Waals surface area contributed by atoms with Crippen molar-refractivity contribution in [2.45, 2.75) is 69.4 Å². The lowest BCUT2D eigenvalue weighted by molar-refractivity contribution is 0.0682. The van der Waals surface area contributed by atoms with Crippen LogP contribution in [0.2, 0.25) is 5.02 Å². The number of anilines is 1. The first-order valence-electron chi connectivity index (χ1n) is 10.3. The second-order valence-electron chi connectivity index (χ2n) is 8.02. The van der Waals surface area contributed by atoms with Crippen molar-refractivity contribution in [1.82, 2.24) is 9.78 Å². The van der Waals surface area contributed by atoms with Crippen LogP contribution in [0.3, 0.4) is 0 Å². The fourth-order valence-electron chi connectivity index (χ4n) is 4.53. The molecule has 0 atom stereocenters. The molecule has 0 radical (unpaired) electrons. The van der Waals surface area contributed by atoms with Gasteiger partial charge in [0.05, 0.1) is 23.7 Å². The average Bonchev–Trinajstić information content (AvgIpc) is 3.27. The van der Waals surface area contributed by atoms with E-state index in [2.05, 4.69) is 22.5 Å². The summed E-state index contributed by atoms with van der Waals surface area (Å²) in [7, 11) is 1.76. The van der Waals surface area contributed by atoms with Crippen LogP contribution in [0.25, 0.3) is 5.69 Å². The number of nitrogens with zero attached hydrogens (tertiary/aromatic N) is 2. The molecule has 1 aromatic carbocycles. The second-order valence-corrected chi connectivity index (χ2v) is 8.39. The van der Waals surface area contributed by atoms with Crippen molar-refractivity contribution in [3.8, 4) is 5.69 Å². The van der Waals surface area contributed by atoms with Crippen LogP contribution in [0, 0.1) is 0 Å². The number of nitrogens with one attached hydrogen (secondary N) is 1. The minimum absolute atomic E-state index is 0.198. The normalized spacial score (nSPS) is 23.1. The Morgan fingerprint density at radius 2 is 1.75 bits per heavy atom. The molecule has 6 heteroatoms. The van der Waals surface area contributed by atoms with Crippen molar-refractivity contribution in [2.24, 2.45) is 0 Å². The quantitative estimate of drug-likeness (QED) is 0.773. The molecule has 1 N–H and O–H groups in total. The summed E-state index contributed by atoms with van der Waals surface area (Å²) in [6, 6.07) is 8.47. The Bertz CT molecular complexity index is 851. The standard InChI is InChI=1S/C22H28ClN3O2/c1-28-19-12-8-17(9-13-19)25-20-14-24-26(22(27)21(20)23)18-10-6-16(7-11-18)15-4-2-3-5-15/h6-7,10-11,14-15,17,19,25H,2-5,8-9,12-13H2,1H3/t17-,19-. The van der Waals surface area contributed by atoms with Gasteiger partial charge in [0.2, 0.25) is 0 Å². The van der Waals surface area contributed by atoms with E-state index in [1.54, 1.807) is 13.3 Å². The first-order valence-corrected chi connectivity index (χ1v) is 10.7. The van der Waals surface area contributed by atoms with Crippen molar-refractivity contribution < 1.29 is 4.74 Å². The SMILES string of the molecule is CO[C@H]1CC[C@H](Nc2cnn(-c3ccc(C4CCCC4)cc3)c(=O)c2Cl)CC1. The van der Waals surface area contributed by atoms with Gasteiger partial charge in [0.1, 0.15) is 5.02 Å². The van der Waals surface area contributed by atoms with E-state index in [1.807, 2.05) is 12.1 Å². The maximum atomic E-state index is 12.8. The van der Waals surface area contributed by atoms with Crippen LogP contribution in [0.4, 0.5) is 5.69 Å². The van der Waals surface area contributed by atoms with E-state index in [0.29, 0.717) is 23.8 Å². The van der Waals surface area contributed by atoms with Gasteiger partial charge in [0.25, 0.3) is 5.56 Å². The molecule has 150 valence electrons. The van der Waals surface area contributed by atoms with Crippen LogP contribution in [-0.4, -0.2) is 29.0 Å². The molecule has 2 fully saturated rings. The molecular weight excluding hydrogens is 374 g/mol. The Labute approximate surface area is 171 Å². The number of hydrogen-bond acceptors (Lipinski definition) is 4. The Kier molecular flexibility index (Phi) is 6.02. The van der Waals surface area contributed by atoms with Gasteiger partial charge in [0.15, 0.2) is 0 Å². The van der Waals surface area contributed by atoms with Crippen LogP contribution in [0.1, 0.15) is 62.8 Å². The summed E-state index contributed by atoms with van der Waals surface area (Å²) >= 11 is 6.40. The molecule has 28 heavy (non-hydrogen) atoms. The molecule has 0 unspecified atom stereocenters. The minimum Gasteiger partial charge on any atom is -0.381 e. The summed E-state index contributed by atoms with van der Waals surface area (Å²) in [4.78, 5) is 12.8. The zero-order valence-electron chi connectivity index (χ0n) is 16.4. The predicted molar refractivity (Wildman–Crippen MR) is 113 cm³/mol. The van der Waals surface area contributed by atoms with E-state index in [-0.39, 0.29) is 10.6 Å². The molecule has 1 heterocycles. The largest absolute Gasteiger partial charge is 0.381 e. The summed E-state index contributed by atoms with van der Waals surface area (Å²) < 4.78 is 6.80. The van der Waals surface area contributed by atoms with E-state index in [9.17, 15) is 4.79 Å². The molecule has 0 amide bonds. The zero-order valence-corrected chi connectivity index (χ0v) is 17.1. The molecule has 2 saturated carbocycles. The summed E-state index contributed by atoms with van der Waals surface area (Å²) in [6.07, 6.45) is 11.2. The highest BCUT2D eigenvalue weighted by atomic mass is 35.5. The topological polar surface area (TPSA) is 56.1 Å². The van der Waals surface area contributed by atoms with Crippen molar-refractivity contribution in [3.05, 3.63) is 51.4 Å². The van der Waals surface area contributed by atoms with Crippen LogP contribution in [-0.2, 0) is 4.74 Å². The van der Waals surface area contributed by atoms with Gasteiger partial charge >= 0.3 is 0 Å². The molecule has 5 nitrogen and oxygen atoms in total. The molecule has 2 aromatic rings. The van der Waals surface area contributed by atoms with Gasteiger partial charge in [-0.1, -0.05) is 36.6 Å². The minimum atomic E-state index is -0.286. The van der Waals surface area contributed by atoms with Crippen LogP contribution < -0.4 is 10.9 Å². The maximum Gasteiger partial charge on any atom is 0.292 e. The van der Waals surface area contributed by atoms with Crippen molar-refractivity contribution in [3.63, 3.8) is 0 Å². The van der Waals surface area contributed by atoms with Crippen LogP contribution in [0.15, 0.2) is 35.3 Å². The molecule has 2 aliphatic rings. The Balaban J connectivity index is 1.49. The van der Waals surface area contributed by atoms with Gasteiger partial charge < -0.3 is 10.1 Å². The van der Waals surface area contributed by atoms with Crippen LogP contribution >= 0.6 is 11.6 Å². The maximum absolute atomic E-state index is 12.8. The number of hydrogen-bond donors (Lipinski definition) is 1. The van der Waals surface area contributed by atoms with Gasteiger partial charge in [-0.2, -0.15) is 9.78 Å². The highest BCUT2D eigenvalue weighted by molar-refractivity contribution is 6.32. The van der Waals surface area contributed by atoms with Crippen molar-refractivity contribution >= 4 is 17.3 Å². The zero-order chi connectivity index (χ0) is 19.5. The van der Waals surface area contributed by atoms with Crippen molar-refractivity contribution in [2.75, 3.05) is 12.4 Å². The Morgan fingerprint density at radius 3 is 2.39 bits per heavy atom. The number of aromatic nitrogens is 2. The lowest BCUT2D eigenvalue weighted by atomic mass is 9.93. The molecule has 4 rings (SSSR count). The third kappa shape index (κ3) is 4.11. The summed E-state index contributed by atoms with van der Waals surface area (Å²) in [5.41, 5.74) is 2.43. The highest BCUT2D eigenvalue weighted by Gasteiger charge is 2.22. The third-order valence-electron chi connectivity index (χ3n) is 6.25. The molecular formula is C22H28ClN3O2. The first kappa shape index (κ1) is 19.5. The molecule has 1 aromatic heterocycles. The molecule has 0 bridgehead atoms. The van der Waals surface area contributed by atoms with Gasteiger partial charge in [0, 0.05) is 13.2 Å². The van der Waals surface area contributed by atoms with Gasteiger partial charge in [-0.15, -0.1) is 0 Å².